The van der Waals surface area contributed by atoms with Gasteiger partial charge in [0.15, 0.2) is 5.78 Å². The van der Waals surface area contributed by atoms with E-state index >= 15 is 0 Å². The minimum absolute atomic E-state index is 0.0437. The Kier molecular flexibility index (Phi) is 4.43. The molecule has 3 aromatic rings. The maximum Gasteiger partial charge on any atom is 0.322 e. The monoisotopic (exact) mass is 346 g/mol. The molecular formula is C17H16F2N4O2. The van der Waals surface area contributed by atoms with Gasteiger partial charge in [0.1, 0.15) is 0 Å². The van der Waals surface area contributed by atoms with Crippen molar-refractivity contribution in [3.63, 3.8) is 0 Å². The molecule has 0 unspecified atom stereocenters. The van der Waals surface area contributed by atoms with E-state index in [0.717, 1.165) is 5.56 Å². The number of hydrogen-bond acceptors (Lipinski definition) is 5. The molecule has 1 aromatic carbocycles. The molecule has 0 bridgehead atoms. The van der Waals surface area contributed by atoms with Crippen molar-refractivity contribution in [1.29, 1.82) is 0 Å². The number of rotatable bonds is 6. The van der Waals surface area contributed by atoms with Gasteiger partial charge >= 0.3 is 5.92 Å². The van der Waals surface area contributed by atoms with Crippen LogP contribution in [-0.4, -0.2) is 25.7 Å². The van der Waals surface area contributed by atoms with E-state index in [1.807, 2.05) is 12.1 Å². The summed E-state index contributed by atoms with van der Waals surface area (Å²) in [6.07, 6.45) is 3.68. The predicted molar refractivity (Wildman–Crippen MR) is 85.3 cm³/mol. The number of ketones is 1. The minimum Gasteiger partial charge on any atom is -0.332 e. The molecule has 0 saturated heterocycles. The number of carbonyl (C=O) groups excluding carboxylic acids is 1. The van der Waals surface area contributed by atoms with E-state index in [2.05, 4.69) is 19.8 Å². The Balaban J connectivity index is 1.73. The van der Waals surface area contributed by atoms with Gasteiger partial charge in [-0.2, -0.15) is 18.9 Å². The maximum absolute atomic E-state index is 13.1. The van der Waals surface area contributed by atoms with Crippen LogP contribution in [0.3, 0.4) is 0 Å². The van der Waals surface area contributed by atoms with Crippen LogP contribution in [0.2, 0.25) is 0 Å². The fraction of sp³-hybridized carbons (Fsp3) is 0.294. The number of benzene rings is 1. The Morgan fingerprint density at radius 3 is 2.60 bits per heavy atom. The van der Waals surface area contributed by atoms with E-state index in [4.69, 9.17) is 0 Å². The number of nitrogens with zero attached hydrogens (tertiary/aromatic N) is 4. The molecule has 0 amide bonds. The minimum atomic E-state index is -3.17. The average molecular weight is 346 g/mol. The number of aromatic nitrogens is 4. The van der Waals surface area contributed by atoms with Gasteiger partial charge in [-0.1, -0.05) is 36.3 Å². The average Bonchev–Trinajstić information content (AvgIpc) is 3.24. The summed E-state index contributed by atoms with van der Waals surface area (Å²) in [7, 11) is 0. The van der Waals surface area contributed by atoms with E-state index in [-0.39, 0.29) is 11.6 Å². The van der Waals surface area contributed by atoms with Gasteiger partial charge in [0.05, 0.1) is 18.3 Å². The molecular weight excluding hydrogens is 330 g/mol. The fourth-order valence-corrected chi connectivity index (χ4v) is 2.26. The highest BCUT2D eigenvalue weighted by atomic mass is 19.3. The number of alkyl halides is 2. The van der Waals surface area contributed by atoms with Gasteiger partial charge in [-0.3, -0.25) is 9.48 Å². The number of halogens is 2. The Morgan fingerprint density at radius 1 is 1.28 bits per heavy atom. The van der Waals surface area contributed by atoms with Crippen LogP contribution in [-0.2, 0) is 12.5 Å². The second-order valence-corrected chi connectivity index (χ2v) is 5.71. The molecule has 0 N–H and O–H groups in total. The summed E-state index contributed by atoms with van der Waals surface area (Å²) in [6.45, 7) is 2.99. The summed E-state index contributed by atoms with van der Waals surface area (Å²) in [5.74, 6) is -3.73. The summed E-state index contributed by atoms with van der Waals surface area (Å²) in [6, 6.07) is 7.08. The van der Waals surface area contributed by atoms with Crippen molar-refractivity contribution >= 4 is 5.78 Å². The van der Waals surface area contributed by atoms with Crippen LogP contribution in [0.4, 0.5) is 8.78 Å². The Labute approximate surface area is 142 Å². The first-order valence-corrected chi connectivity index (χ1v) is 7.74. The molecule has 130 valence electrons. The molecule has 0 aliphatic heterocycles. The standard InChI is InChI=1S/C17H16F2N4O2/c1-3-14(24)13-8-20-23(10-13)9-11-4-6-12(7-5-11)15-21-16(25-22-15)17(2,18)19/h4-8,10H,3,9H2,1-2H3. The zero-order chi connectivity index (χ0) is 18.0. The second-order valence-electron chi connectivity index (χ2n) is 5.71. The predicted octanol–water partition coefficient (Wildman–Crippen LogP) is 3.69. The zero-order valence-electron chi connectivity index (χ0n) is 13.7. The Morgan fingerprint density at radius 2 is 2.00 bits per heavy atom. The van der Waals surface area contributed by atoms with Gasteiger partial charge in [-0.05, 0) is 5.56 Å². The fourth-order valence-electron chi connectivity index (χ4n) is 2.26. The molecule has 0 fully saturated rings. The first-order chi connectivity index (χ1) is 11.9. The van der Waals surface area contributed by atoms with Crippen LogP contribution in [0.25, 0.3) is 11.4 Å². The second kappa shape index (κ2) is 6.54. The molecule has 25 heavy (non-hydrogen) atoms. The van der Waals surface area contributed by atoms with Gasteiger partial charge in [0, 0.05) is 25.1 Å². The molecule has 0 spiro atoms. The normalized spacial score (nSPS) is 11.7. The van der Waals surface area contributed by atoms with Crippen molar-refractivity contribution in [2.24, 2.45) is 0 Å². The molecule has 0 aliphatic rings. The van der Waals surface area contributed by atoms with Crippen molar-refractivity contribution in [3.05, 3.63) is 53.7 Å². The molecule has 6 nitrogen and oxygen atoms in total. The van der Waals surface area contributed by atoms with E-state index in [0.29, 0.717) is 31.0 Å². The SMILES string of the molecule is CCC(=O)c1cnn(Cc2ccc(-c3noc(C(C)(F)F)n3)cc2)c1. The lowest BCUT2D eigenvalue weighted by Gasteiger charge is -2.03. The first kappa shape index (κ1) is 16.9. The highest BCUT2D eigenvalue weighted by Crippen LogP contribution is 2.27. The summed E-state index contributed by atoms with van der Waals surface area (Å²) in [5.41, 5.74) is 2.09. The Hall–Kier alpha value is -2.90. The number of Topliss-reactive ketones (excluding diaryl/α,β-unsaturated/α-hetero) is 1. The van der Waals surface area contributed by atoms with Gasteiger partial charge in [-0.15, -0.1) is 0 Å². The number of hydrogen-bond donors (Lipinski definition) is 0. The largest absolute Gasteiger partial charge is 0.332 e. The molecule has 0 aliphatic carbocycles. The zero-order valence-corrected chi connectivity index (χ0v) is 13.7. The van der Waals surface area contributed by atoms with Crippen molar-refractivity contribution < 1.29 is 18.1 Å². The van der Waals surface area contributed by atoms with Crippen molar-refractivity contribution in [2.45, 2.75) is 32.7 Å². The van der Waals surface area contributed by atoms with Crippen LogP contribution in [0.15, 0.2) is 41.2 Å². The lowest BCUT2D eigenvalue weighted by Crippen LogP contribution is -2.07. The summed E-state index contributed by atoms with van der Waals surface area (Å²) >= 11 is 0. The Bertz CT molecular complexity index is 879. The number of carbonyl (C=O) groups is 1. The summed E-state index contributed by atoms with van der Waals surface area (Å²) in [5, 5.41) is 7.74. The van der Waals surface area contributed by atoms with E-state index in [9.17, 15) is 13.6 Å². The van der Waals surface area contributed by atoms with Crippen LogP contribution in [0.5, 0.6) is 0 Å². The first-order valence-electron chi connectivity index (χ1n) is 7.74. The smallest absolute Gasteiger partial charge is 0.322 e. The van der Waals surface area contributed by atoms with E-state index in [1.54, 1.807) is 36.1 Å². The van der Waals surface area contributed by atoms with Gasteiger partial charge in [-0.25, -0.2) is 0 Å². The third kappa shape index (κ3) is 3.78. The highest BCUT2D eigenvalue weighted by Gasteiger charge is 2.32. The molecule has 8 heteroatoms. The van der Waals surface area contributed by atoms with Gasteiger partial charge in [0.25, 0.3) is 5.89 Å². The van der Waals surface area contributed by atoms with Crippen molar-refractivity contribution in [2.75, 3.05) is 0 Å². The lowest BCUT2D eigenvalue weighted by molar-refractivity contribution is -0.0158. The highest BCUT2D eigenvalue weighted by molar-refractivity contribution is 5.95. The molecule has 2 heterocycles. The molecule has 3 rings (SSSR count). The van der Waals surface area contributed by atoms with Crippen LogP contribution < -0.4 is 0 Å². The van der Waals surface area contributed by atoms with Crippen LogP contribution >= 0.6 is 0 Å². The third-order valence-electron chi connectivity index (χ3n) is 3.63. The van der Waals surface area contributed by atoms with Crippen molar-refractivity contribution in [3.8, 4) is 11.4 Å². The van der Waals surface area contributed by atoms with E-state index in [1.165, 1.54) is 0 Å². The maximum atomic E-state index is 13.1. The molecule has 0 saturated carbocycles. The lowest BCUT2D eigenvalue weighted by atomic mass is 10.1. The summed E-state index contributed by atoms with van der Waals surface area (Å²) in [4.78, 5) is 15.3. The van der Waals surface area contributed by atoms with Crippen LogP contribution in [0.1, 0.15) is 42.1 Å². The van der Waals surface area contributed by atoms with E-state index < -0.39 is 11.8 Å². The molecule has 0 radical (unpaired) electrons. The third-order valence-corrected chi connectivity index (χ3v) is 3.63. The van der Waals surface area contributed by atoms with Gasteiger partial charge in [0.2, 0.25) is 5.82 Å². The summed E-state index contributed by atoms with van der Waals surface area (Å²) < 4.78 is 32.5. The molecule has 2 aromatic heterocycles. The topological polar surface area (TPSA) is 73.8 Å². The van der Waals surface area contributed by atoms with Crippen molar-refractivity contribution in [1.82, 2.24) is 19.9 Å². The molecule has 0 atom stereocenters. The van der Waals surface area contributed by atoms with Gasteiger partial charge < -0.3 is 4.52 Å². The van der Waals surface area contributed by atoms with Crippen LogP contribution in [0, 0.1) is 0 Å². The quantitative estimate of drug-likeness (QED) is 0.637.